The maximum absolute atomic E-state index is 12.0. The van der Waals surface area contributed by atoms with E-state index in [9.17, 15) is 9.90 Å². The molecule has 1 aromatic rings. The minimum atomic E-state index is -0.615. The Kier molecular flexibility index (Phi) is 5.59. The third kappa shape index (κ3) is 4.28. The largest absolute Gasteiger partial charge is 0.389 e. The van der Waals surface area contributed by atoms with E-state index < -0.39 is 6.10 Å². The molecule has 6 heteroatoms. The first-order valence-electron chi connectivity index (χ1n) is 8.43. The molecule has 0 aromatic carbocycles. The van der Waals surface area contributed by atoms with Gasteiger partial charge in [0.15, 0.2) is 0 Å². The molecule has 2 aliphatic rings. The molecule has 3 unspecified atom stereocenters. The number of aliphatic hydroxyl groups is 1. The quantitative estimate of drug-likeness (QED) is 0.715. The topological polar surface area (TPSA) is 83.5 Å². The van der Waals surface area contributed by atoms with Crippen LogP contribution in [0.5, 0.6) is 0 Å². The molecule has 2 heterocycles. The summed E-state index contributed by atoms with van der Waals surface area (Å²) >= 11 is 0. The van der Waals surface area contributed by atoms with Gasteiger partial charge in [0, 0.05) is 31.4 Å². The Labute approximate surface area is 136 Å². The first-order chi connectivity index (χ1) is 11.2. The predicted molar refractivity (Wildman–Crippen MR) is 85.6 cm³/mol. The number of aromatic nitrogens is 1. The molecule has 3 N–H and O–H groups in total. The van der Waals surface area contributed by atoms with Crippen LogP contribution in [-0.2, 0) is 16.1 Å². The summed E-state index contributed by atoms with van der Waals surface area (Å²) < 4.78 is 5.64. The van der Waals surface area contributed by atoms with Gasteiger partial charge in [0.25, 0.3) is 0 Å². The zero-order chi connectivity index (χ0) is 16.1. The number of ether oxygens (including phenoxy) is 1. The number of nitrogens with one attached hydrogen (secondary N) is 2. The summed E-state index contributed by atoms with van der Waals surface area (Å²) in [7, 11) is 0. The molecule has 0 bridgehead atoms. The van der Waals surface area contributed by atoms with Crippen molar-refractivity contribution >= 4 is 5.91 Å². The highest BCUT2D eigenvalue weighted by atomic mass is 16.5. The van der Waals surface area contributed by atoms with Crippen LogP contribution < -0.4 is 10.6 Å². The molecule has 1 saturated heterocycles. The minimum absolute atomic E-state index is 0.102. The van der Waals surface area contributed by atoms with E-state index in [1.165, 1.54) is 0 Å². The summed E-state index contributed by atoms with van der Waals surface area (Å²) in [6.45, 7) is 1.47. The number of nitrogens with zero attached hydrogens (tertiary/aromatic N) is 1. The molecule has 3 atom stereocenters. The van der Waals surface area contributed by atoms with Crippen molar-refractivity contribution in [2.45, 2.75) is 50.5 Å². The Morgan fingerprint density at radius 3 is 2.96 bits per heavy atom. The fourth-order valence-corrected chi connectivity index (χ4v) is 3.33. The number of carbonyl (C=O) groups excluding carboxylic acids is 1. The highest BCUT2D eigenvalue weighted by Crippen LogP contribution is 2.24. The van der Waals surface area contributed by atoms with E-state index in [1.807, 2.05) is 12.1 Å². The highest BCUT2D eigenvalue weighted by Gasteiger charge is 2.36. The van der Waals surface area contributed by atoms with Gasteiger partial charge in [0.2, 0.25) is 5.91 Å². The van der Waals surface area contributed by atoms with Crippen LogP contribution in [0.3, 0.4) is 0 Å². The van der Waals surface area contributed by atoms with Gasteiger partial charge in [-0.15, -0.1) is 0 Å². The Hall–Kier alpha value is -1.50. The lowest BCUT2D eigenvalue weighted by molar-refractivity contribution is -0.125. The van der Waals surface area contributed by atoms with Crippen molar-refractivity contribution in [1.29, 1.82) is 0 Å². The smallest absolute Gasteiger partial charge is 0.223 e. The van der Waals surface area contributed by atoms with Gasteiger partial charge in [-0.05, 0) is 24.5 Å². The highest BCUT2D eigenvalue weighted by molar-refractivity contribution is 5.78. The maximum atomic E-state index is 12.0. The Bertz CT molecular complexity index is 505. The maximum Gasteiger partial charge on any atom is 0.223 e. The normalized spacial score (nSPS) is 28.1. The number of aliphatic hydroxyl groups excluding tert-OH is 1. The molecule has 2 fully saturated rings. The van der Waals surface area contributed by atoms with Gasteiger partial charge < -0.3 is 20.5 Å². The Morgan fingerprint density at radius 1 is 1.39 bits per heavy atom. The zero-order valence-corrected chi connectivity index (χ0v) is 13.3. The number of rotatable bonds is 6. The summed E-state index contributed by atoms with van der Waals surface area (Å²) in [5.74, 6) is 0.248. The summed E-state index contributed by atoms with van der Waals surface area (Å²) in [4.78, 5) is 16.1. The molecule has 1 amide bonds. The number of hydrogen-bond acceptors (Lipinski definition) is 5. The first kappa shape index (κ1) is 16.4. The molecule has 23 heavy (non-hydrogen) atoms. The van der Waals surface area contributed by atoms with E-state index in [2.05, 4.69) is 15.6 Å². The standard InChI is InChI=1S/C17H25N3O3/c21-16-14(19-9-12-4-3-7-18-8-12)11-23-15(16)10-20-17(22)13-5-1-2-6-13/h3-4,7-8,13-16,19,21H,1-2,5-6,9-11H2,(H,20,22). The van der Waals surface area contributed by atoms with Crippen LogP contribution in [0.15, 0.2) is 24.5 Å². The molecular formula is C17H25N3O3. The third-order valence-corrected chi connectivity index (χ3v) is 4.78. The average Bonchev–Trinajstić information content (AvgIpc) is 3.22. The van der Waals surface area contributed by atoms with Crippen molar-refractivity contribution in [2.75, 3.05) is 13.2 Å². The van der Waals surface area contributed by atoms with Crippen molar-refractivity contribution < 1.29 is 14.6 Å². The molecule has 1 aromatic heterocycles. The van der Waals surface area contributed by atoms with Crippen LogP contribution in [0, 0.1) is 5.92 Å². The molecule has 1 saturated carbocycles. The van der Waals surface area contributed by atoms with E-state index in [4.69, 9.17) is 4.74 Å². The van der Waals surface area contributed by atoms with Crippen molar-refractivity contribution in [3.8, 4) is 0 Å². The van der Waals surface area contributed by atoms with Gasteiger partial charge in [0.1, 0.15) is 6.10 Å². The third-order valence-electron chi connectivity index (χ3n) is 4.78. The van der Waals surface area contributed by atoms with E-state index >= 15 is 0 Å². The van der Waals surface area contributed by atoms with Gasteiger partial charge in [-0.2, -0.15) is 0 Å². The lowest BCUT2D eigenvalue weighted by Crippen LogP contribution is -2.45. The van der Waals surface area contributed by atoms with Crippen LogP contribution in [0.2, 0.25) is 0 Å². The number of pyridine rings is 1. The van der Waals surface area contributed by atoms with Crippen LogP contribution in [-0.4, -0.2) is 47.4 Å². The molecule has 0 radical (unpaired) electrons. The summed E-state index contributed by atoms with van der Waals surface area (Å²) in [6.07, 6.45) is 6.82. The van der Waals surface area contributed by atoms with Crippen LogP contribution in [0.25, 0.3) is 0 Å². The number of hydrogen-bond donors (Lipinski definition) is 3. The van der Waals surface area contributed by atoms with Gasteiger partial charge in [-0.3, -0.25) is 9.78 Å². The molecule has 0 spiro atoms. The van der Waals surface area contributed by atoms with E-state index in [0.29, 0.717) is 19.7 Å². The fraction of sp³-hybridized carbons (Fsp3) is 0.647. The second-order valence-corrected chi connectivity index (χ2v) is 6.44. The van der Waals surface area contributed by atoms with Gasteiger partial charge >= 0.3 is 0 Å². The van der Waals surface area contributed by atoms with Crippen molar-refractivity contribution in [3.05, 3.63) is 30.1 Å². The predicted octanol–water partition coefficient (Wildman–Crippen LogP) is 0.606. The SMILES string of the molecule is O=C(NCC1OCC(NCc2cccnc2)C1O)C1CCCC1. The van der Waals surface area contributed by atoms with E-state index in [1.54, 1.807) is 12.4 Å². The minimum Gasteiger partial charge on any atom is -0.389 e. The van der Waals surface area contributed by atoms with Gasteiger partial charge in [-0.1, -0.05) is 18.9 Å². The molecule has 126 valence electrons. The van der Waals surface area contributed by atoms with Crippen LogP contribution in [0.4, 0.5) is 0 Å². The lowest BCUT2D eigenvalue weighted by atomic mass is 10.1. The number of carbonyl (C=O) groups is 1. The van der Waals surface area contributed by atoms with Crippen molar-refractivity contribution in [1.82, 2.24) is 15.6 Å². The van der Waals surface area contributed by atoms with E-state index in [0.717, 1.165) is 31.2 Å². The first-order valence-corrected chi connectivity index (χ1v) is 8.43. The monoisotopic (exact) mass is 319 g/mol. The second kappa shape index (κ2) is 7.86. The molecule has 3 rings (SSSR count). The van der Waals surface area contributed by atoms with Crippen LogP contribution in [0.1, 0.15) is 31.2 Å². The average molecular weight is 319 g/mol. The molecule has 6 nitrogen and oxygen atoms in total. The van der Waals surface area contributed by atoms with Gasteiger partial charge in [0.05, 0.1) is 18.8 Å². The van der Waals surface area contributed by atoms with Crippen LogP contribution >= 0.6 is 0 Å². The fourth-order valence-electron chi connectivity index (χ4n) is 3.33. The Morgan fingerprint density at radius 2 is 2.22 bits per heavy atom. The zero-order valence-electron chi connectivity index (χ0n) is 13.3. The Balaban J connectivity index is 1.41. The summed E-state index contributed by atoms with van der Waals surface area (Å²) in [6, 6.07) is 3.75. The van der Waals surface area contributed by atoms with Gasteiger partial charge in [-0.25, -0.2) is 0 Å². The number of amides is 1. The van der Waals surface area contributed by atoms with Crippen molar-refractivity contribution in [3.63, 3.8) is 0 Å². The second-order valence-electron chi connectivity index (χ2n) is 6.44. The molecule has 1 aliphatic carbocycles. The molecular weight excluding hydrogens is 294 g/mol. The van der Waals surface area contributed by atoms with E-state index in [-0.39, 0.29) is 24.0 Å². The summed E-state index contributed by atoms with van der Waals surface area (Å²) in [5, 5.41) is 16.6. The lowest BCUT2D eigenvalue weighted by Gasteiger charge is -2.19. The van der Waals surface area contributed by atoms with Crippen molar-refractivity contribution in [2.24, 2.45) is 5.92 Å². The summed E-state index contributed by atoms with van der Waals surface area (Å²) in [5.41, 5.74) is 1.07. The molecule has 1 aliphatic heterocycles.